The summed E-state index contributed by atoms with van der Waals surface area (Å²) < 4.78 is 18.3. The molecule has 0 aliphatic carbocycles. The van der Waals surface area contributed by atoms with Crippen LogP contribution in [0, 0.1) is 19.7 Å². The molecule has 3 N–H and O–H groups in total. The summed E-state index contributed by atoms with van der Waals surface area (Å²) in [5.74, 6) is -0.396. The average Bonchev–Trinajstić information content (AvgIpc) is 2.32. The third-order valence-corrected chi connectivity index (χ3v) is 3.07. The van der Waals surface area contributed by atoms with Gasteiger partial charge < -0.3 is 20.3 Å². The molecule has 0 bridgehead atoms. The molecule has 2 unspecified atom stereocenters. The van der Waals surface area contributed by atoms with Crippen molar-refractivity contribution in [1.82, 2.24) is 5.32 Å². The molecule has 1 aromatic rings. The number of carbonyl (C=O) groups is 1. The molecule has 1 aromatic carbocycles. The average molecular weight is 313 g/mol. The van der Waals surface area contributed by atoms with Gasteiger partial charge >= 0.3 is 6.09 Å². The molecule has 1 rings (SSSR count). The number of rotatable bonds is 4. The molecule has 0 saturated heterocycles. The Morgan fingerprint density at radius 3 is 2.23 bits per heavy atom. The molecule has 0 aromatic heterocycles. The number of hydrogen-bond donors (Lipinski definition) is 3. The van der Waals surface area contributed by atoms with Gasteiger partial charge in [-0.25, -0.2) is 9.18 Å². The standard InChI is InChI=1S/C16H24FNO4/c1-9-6-11(17)7-10(2)13(9)14(20)12(19)8-18-15(21)22-16(3,4)5/h6-7,12,14,19-20H,8H2,1-5H3,(H,18,21). The number of aryl methyl sites for hydroxylation is 2. The molecular weight excluding hydrogens is 289 g/mol. The number of carbonyl (C=O) groups excluding carboxylic acids is 1. The normalized spacial score (nSPS) is 14.4. The van der Waals surface area contributed by atoms with Crippen LogP contribution >= 0.6 is 0 Å². The minimum absolute atomic E-state index is 0.174. The maximum atomic E-state index is 13.3. The van der Waals surface area contributed by atoms with Crippen molar-refractivity contribution >= 4 is 6.09 Å². The third kappa shape index (κ3) is 5.27. The Labute approximate surface area is 130 Å². The first-order valence-corrected chi connectivity index (χ1v) is 7.11. The van der Waals surface area contributed by atoms with E-state index in [-0.39, 0.29) is 6.54 Å². The Kier molecular flexibility index (Phi) is 5.91. The van der Waals surface area contributed by atoms with E-state index in [1.54, 1.807) is 34.6 Å². The van der Waals surface area contributed by atoms with E-state index in [4.69, 9.17) is 4.74 Å². The zero-order valence-corrected chi connectivity index (χ0v) is 13.6. The molecule has 0 heterocycles. The quantitative estimate of drug-likeness (QED) is 0.797. The lowest BCUT2D eigenvalue weighted by Crippen LogP contribution is -2.39. The van der Waals surface area contributed by atoms with Gasteiger partial charge in [-0.05, 0) is 63.4 Å². The number of aliphatic hydroxyl groups excluding tert-OH is 2. The Hall–Kier alpha value is -1.66. The molecule has 0 aliphatic heterocycles. The van der Waals surface area contributed by atoms with E-state index in [2.05, 4.69) is 5.32 Å². The lowest BCUT2D eigenvalue weighted by molar-refractivity contribution is 0.0123. The molecule has 0 spiro atoms. The van der Waals surface area contributed by atoms with Gasteiger partial charge in [-0.2, -0.15) is 0 Å². The molecule has 2 atom stereocenters. The van der Waals surface area contributed by atoms with E-state index in [1.165, 1.54) is 12.1 Å². The zero-order valence-electron chi connectivity index (χ0n) is 13.6. The monoisotopic (exact) mass is 313 g/mol. The number of alkyl carbamates (subject to hydrolysis) is 1. The molecule has 22 heavy (non-hydrogen) atoms. The largest absolute Gasteiger partial charge is 0.444 e. The summed E-state index contributed by atoms with van der Waals surface area (Å²) in [7, 11) is 0. The van der Waals surface area contributed by atoms with Gasteiger partial charge in [-0.1, -0.05) is 0 Å². The van der Waals surface area contributed by atoms with E-state index in [0.29, 0.717) is 16.7 Å². The van der Waals surface area contributed by atoms with Gasteiger partial charge in [0.25, 0.3) is 0 Å². The highest BCUT2D eigenvalue weighted by atomic mass is 19.1. The number of benzene rings is 1. The van der Waals surface area contributed by atoms with Crippen LogP contribution in [0.2, 0.25) is 0 Å². The Bertz CT molecular complexity index is 516. The Morgan fingerprint density at radius 1 is 1.27 bits per heavy atom. The van der Waals surface area contributed by atoms with Crippen molar-refractivity contribution in [3.63, 3.8) is 0 Å². The SMILES string of the molecule is Cc1cc(F)cc(C)c1C(O)C(O)CNC(=O)OC(C)(C)C. The van der Waals surface area contributed by atoms with Crippen molar-refractivity contribution in [2.75, 3.05) is 6.54 Å². The van der Waals surface area contributed by atoms with Gasteiger partial charge in [0.2, 0.25) is 0 Å². The van der Waals surface area contributed by atoms with E-state index in [9.17, 15) is 19.4 Å². The van der Waals surface area contributed by atoms with Crippen molar-refractivity contribution in [2.24, 2.45) is 0 Å². The molecule has 6 heteroatoms. The summed E-state index contributed by atoms with van der Waals surface area (Å²) >= 11 is 0. The van der Waals surface area contributed by atoms with Crippen LogP contribution in [0.4, 0.5) is 9.18 Å². The van der Waals surface area contributed by atoms with E-state index < -0.39 is 29.7 Å². The molecule has 0 radical (unpaired) electrons. The fraction of sp³-hybridized carbons (Fsp3) is 0.562. The van der Waals surface area contributed by atoms with Crippen LogP contribution in [0.25, 0.3) is 0 Å². The lowest BCUT2D eigenvalue weighted by atomic mass is 9.94. The smallest absolute Gasteiger partial charge is 0.407 e. The minimum Gasteiger partial charge on any atom is -0.444 e. The predicted molar refractivity (Wildman–Crippen MR) is 81.1 cm³/mol. The number of nitrogens with one attached hydrogen (secondary N) is 1. The topological polar surface area (TPSA) is 78.8 Å². The Morgan fingerprint density at radius 2 is 1.77 bits per heavy atom. The fourth-order valence-electron chi connectivity index (χ4n) is 2.19. The van der Waals surface area contributed by atoms with Gasteiger partial charge in [0.1, 0.15) is 23.6 Å². The molecular formula is C16H24FNO4. The number of ether oxygens (including phenoxy) is 1. The van der Waals surface area contributed by atoms with Gasteiger partial charge in [-0.15, -0.1) is 0 Å². The predicted octanol–water partition coefficient (Wildman–Crippen LogP) is 2.36. The number of aliphatic hydroxyl groups is 2. The first-order valence-electron chi connectivity index (χ1n) is 7.11. The van der Waals surface area contributed by atoms with Crippen LogP contribution in [0.5, 0.6) is 0 Å². The third-order valence-electron chi connectivity index (χ3n) is 3.07. The number of amides is 1. The summed E-state index contributed by atoms with van der Waals surface area (Å²) in [5.41, 5.74) is 0.903. The van der Waals surface area contributed by atoms with Gasteiger partial charge in [-0.3, -0.25) is 0 Å². The summed E-state index contributed by atoms with van der Waals surface area (Å²) in [6.45, 7) is 8.31. The van der Waals surface area contributed by atoms with E-state index >= 15 is 0 Å². The lowest BCUT2D eigenvalue weighted by Gasteiger charge is -2.24. The highest BCUT2D eigenvalue weighted by molar-refractivity contribution is 5.67. The summed E-state index contributed by atoms with van der Waals surface area (Å²) in [6, 6.07) is 2.58. The minimum atomic E-state index is -1.23. The van der Waals surface area contributed by atoms with Crippen LogP contribution in [-0.2, 0) is 4.74 Å². The zero-order chi connectivity index (χ0) is 17.1. The second kappa shape index (κ2) is 7.07. The molecule has 1 amide bonds. The second-order valence-corrected chi connectivity index (χ2v) is 6.35. The van der Waals surface area contributed by atoms with Crippen molar-refractivity contribution in [3.05, 3.63) is 34.6 Å². The van der Waals surface area contributed by atoms with E-state index in [1.807, 2.05) is 0 Å². The highest BCUT2D eigenvalue weighted by Gasteiger charge is 2.24. The second-order valence-electron chi connectivity index (χ2n) is 6.35. The highest BCUT2D eigenvalue weighted by Crippen LogP contribution is 2.25. The maximum absolute atomic E-state index is 13.3. The molecule has 5 nitrogen and oxygen atoms in total. The van der Waals surface area contributed by atoms with Crippen LogP contribution < -0.4 is 5.32 Å². The molecule has 0 aliphatic rings. The molecule has 0 fully saturated rings. The van der Waals surface area contributed by atoms with Crippen LogP contribution in [-0.4, -0.2) is 34.6 Å². The van der Waals surface area contributed by atoms with E-state index in [0.717, 1.165) is 0 Å². The van der Waals surface area contributed by atoms with Crippen molar-refractivity contribution in [1.29, 1.82) is 0 Å². The first kappa shape index (κ1) is 18.4. The van der Waals surface area contributed by atoms with Crippen molar-refractivity contribution < 1.29 is 24.1 Å². The summed E-state index contributed by atoms with van der Waals surface area (Å²) in [4.78, 5) is 11.5. The van der Waals surface area contributed by atoms with Gasteiger partial charge in [0.05, 0.1) is 0 Å². The van der Waals surface area contributed by atoms with Crippen LogP contribution in [0.15, 0.2) is 12.1 Å². The number of hydrogen-bond acceptors (Lipinski definition) is 4. The Balaban J connectivity index is 2.70. The summed E-state index contributed by atoms with van der Waals surface area (Å²) in [5, 5.41) is 22.6. The van der Waals surface area contributed by atoms with Crippen molar-refractivity contribution in [3.8, 4) is 0 Å². The molecule has 0 saturated carbocycles. The number of halogens is 1. The fourth-order valence-corrected chi connectivity index (χ4v) is 2.19. The van der Waals surface area contributed by atoms with Gasteiger partial charge in [0.15, 0.2) is 0 Å². The van der Waals surface area contributed by atoms with Gasteiger partial charge in [0, 0.05) is 6.54 Å². The maximum Gasteiger partial charge on any atom is 0.407 e. The van der Waals surface area contributed by atoms with Crippen molar-refractivity contribution in [2.45, 2.75) is 52.4 Å². The first-order chi connectivity index (χ1) is 10.0. The van der Waals surface area contributed by atoms with Crippen LogP contribution in [0.1, 0.15) is 43.6 Å². The molecule has 124 valence electrons. The van der Waals surface area contributed by atoms with Crippen LogP contribution in [0.3, 0.4) is 0 Å². The summed E-state index contributed by atoms with van der Waals surface area (Å²) in [6.07, 6.45) is -3.13.